The minimum atomic E-state index is -0.454. The van der Waals surface area contributed by atoms with Crippen LogP contribution < -0.4 is 16.2 Å². The summed E-state index contributed by atoms with van der Waals surface area (Å²) in [5.74, 6) is -0.454. The van der Waals surface area contributed by atoms with Crippen molar-refractivity contribution in [3.05, 3.63) is 83.0 Å². The normalized spacial score (nSPS) is 14.9. The SMILES string of the molecule is CC1Nc2cc(NC(=O)c3cc(-c4cncc5ccccc45)c[nH]c3=O)ccc2S1. The van der Waals surface area contributed by atoms with Gasteiger partial charge in [0, 0.05) is 45.7 Å². The Morgan fingerprint density at radius 3 is 2.90 bits per heavy atom. The molecule has 0 bridgehead atoms. The number of carbonyl (C=O) groups excluding carboxylic acids is 1. The predicted octanol–water partition coefficient (Wildman–Crippen LogP) is 4.71. The van der Waals surface area contributed by atoms with Crippen LogP contribution >= 0.6 is 11.8 Å². The molecule has 7 heteroatoms. The lowest BCUT2D eigenvalue weighted by molar-refractivity contribution is 0.102. The first-order chi connectivity index (χ1) is 14.6. The van der Waals surface area contributed by atoms with Gasteiger partial charge in [-0.25, -0.2) is 0 Å². The Morgan fingerprint density at radius 1 is 1.13 bits per heavy atom. The Labute approximate surface area is 176 Å². The standard InChI is InChI=1S/C23H18N4O2S/c1-13-26-20-9-16(6-7-21(20)30-13)27-23(29)18-8-15(11-25-22(18)28)19-12-24-10-14-4-2-3-5-17(14)19/h2-13,26H,1H3,(H,25,28)(H,27,29). The maximum Gasteiger partial charge on any atom is 0.261 e. The number of aromatic amines is 1. The van der Waals surface area contributed by atoms with Crippen molar-refractivity contribution in [2.75, 3.05) is 10.6 Å². The van der Waals surface area contributed by atoms with Crippen molar-refractivity contribution in [2.45, 2.75) is 17.2 Å². The van der Waals surface area contributed by atoms with E-state index in [4.69, 9.17) is 0 Å². The zero-order chi connectivity index (χ0) is 20.7. The maximum atomic E-state index is 12.9. The minimum absolute atomic E-state index is 0.0524. The molecule has 1 amide bonds. The molecule has 1 aliphatic heterocycles. The van der Waals surface area contributed by atoms with Gasteiger partial charge < -0.3 is 15.6 Å². The van der Waals surface area contributed by atoms with Gasteiger partial charge in [0.1, 0.15) is 5.56 Å². The Bertz CT molecular complexity index is 1340. The average molecular weight is 414 g/mol. The number of benzene rings is 2. The van der Waals surface area contributed by atoms with Gasteiger partial charge in [0.25, 0.3) is 11.5 Å². The van der Waals surface area contributed by atoms with Gasteiger partial charge >= 0.3 is 0 Å². The molecule has 5 rings (SSSR count). The van der Waals surface area contributed by atoms with Gasteiger partial charge in [-0.15, -0.1) is 0 Å². The molecular weight excluding hydrogens is 396 g/mol. The summed E-state index contributed by atoms with van der Waals surface area (Å²) in [6.45, 7) is 2.08. The molecule has 1 unspecified atom stereocenters. The summed E-state index contributed by atoms with van der Waals surface area (Å²) < 4.78 is 0. The molecule has 1 atom stereocenters. The van der Waals surface area contributed by atoms with Crippen molar-refractivity contribution < 1.29 is 4.79 Å². The van der Waals surface area contributed by atoms with E-state index in [2.05, 4.69) is 27.5 Å². The Balaban J connectivity index is 1.49. The first-order valence-electron chi connectivity index (χ1n) is 9.53. The van der Waals surface area contributed by atoms with E-state index in [1.54, 1.807) is 36.4 Å². The third-order valence-corrected chi connectivity index (χ3v) is 6.11. The van der Waals surface area contributed by atoms with Gasteiger partial charge in [-0.3, -0.25) is 14.6 Å². The number of rotatable bonds is 3. The van der Waals surface area contributed by atoms with Crippen molar-refractivity contribution in [1.82, 2.24) is 9.97 Å². The molecule has 0 fully saturated rings. The van der Waals surface area contributed by atoms with Crippen molar-refractivity contribution in [1.29, 1.82) is 0 Å². The number of hydrogen-bond donors (Lipinski definition) is 3. The Morgan fingerprint density at radius 2 is 2.00 bits per heavy atom. The van der Waals surface area contributed by atoms with Crippen molar-refractivity contribution in [2.24, 2.45) is 0 Å². The number of thioether (sulfide) groups is 1. The van der Waals surface area contributed by atoms with Crippen LogP contribution in [0, 0.1) is 0 Å². The average Bonchev–Trinajstić information content (AvgIpc) is 3.13. The van der Waals surface area contributed by atoms with Crippen LogP contribution in [0.15, 0.2) is 76.8 Å². The number of amides is 1. The van der Waals surface area contributed by atoms with Crippen molar-refractivity contribution in [3.63, 3.8) is 0 Å². The summed E-state index contributed by atoms with van der Waals surface area (Å²) in [5, 5.41) is 8.47. The zero-order valence-electron chi connectivity index (χ0n) is 16.1. The molecule has 0 saturated heterocycles. The second-order valence-electron chi connectivity index (χ2n) is 7.11. The smallest absolute Gasteiger partial charge is 0.261 e. The van der Waals surface area contributed by atoms with E-state index in [0.29, 0.717) is 11.1 Å². The highest BCUT2D eigenvalue weighted by Crippen LogP contribution is 2.39. The molecule has 0 spiro atoms. The molecule has 6 nitrogen and oxygen atoms in total. The third-order valence-electron chi connectivity index (χ3n) is 5.03. The van der Waals surface area contributed by atoms with Crippen LogP contribution in [0.3, 0.4) is 0 Å². The number of fused-ring (bicyclic) bond motifs is 2. The highest BCUT2D eigenvalue weighted by molar-refractivity contribution is 8.00. The van der Waals surface area contributed by atoms with Crippen LogP contribution in [-0.4, -0.2) is 21.2 Å². The topological polar surface area (TPSA) is 86.9 Å². The third kappa shape index (κ3) is 3.33. The van der Waals surface area contributed by atoms with Crippen LogP contribution in [0.4, 0.5) is 11.4 Å². The summed E-state index contributed by atoms with van der Waals surface area (Å²) in [6.07, 6.45) is 5.14. The highest BCUT2D eigenvalue weighted by atomic mass is 32.2. The highest BCUT2D eigenvalue weighted by Gasteiger charge is 2.19. The van der Waals surface area contributed by atoms with Gasteiger partial charge in [0.2, 0.25) is 0 Å². The van der Waals surface area contributed by atoms with Gasteiger partial charge in [-0.05, 0) is 36.6 Å². The largest absolute Gasteiger partial charge is 0.372 e. The van der Waals surface area contributed by atoms with Crippen LogP contribution in [0.5, 0.6) is 0 Å². The minimum Gasteiger partial charge on any atom is -0.372 e. The first-order valence-corrected chi connectivity index (χ1v) is 10.4. The molecule has 3 N–H and O–H groups in total. The van der Waals surface area contributed by atoms with Gasteiger partial charge in [-0.2, -0.15) is 0 Å². The molecule has 1 aliphatic rings. The van der Waals surface area contributed by atoms with Crippen LogP contribution in [0.25, 0.3) is 21.9 Å². The van der Waals surface area contributed by atoms with E-state index in [9.17, 15) is 9.59 Å². The number of anilines is 2. The summed E-state index contributed by atoms with van der Waals surface area (Å²) in [4.78, 5) is 33.4. The molecule has 0 radical (unpaired) electrons. The second-order valence-corrected chi connectivity index (χ2v) is 8.49. The van der Waals surface area contributed by atoms with E-state index in [1.165, 1.54) is 0 Å². The summed E-state index contributed by atoms with van der Waals surface area (Å²) in [7, 11) is 0. The van der Waals surface area contributed by atoms with Crippen molar-refractivity contribution >= 4 is 39.8 Å². The van der Waals surface area contributed by atoms with E-state index in [-0.39, 0.29) is 5.56 Å². The molecule has 2 aromatic heterocycles. The number of nitrogens with one attached hydrogen (secondary N) is 3. The van der Waals surface area contributed by atoms with Gasteiger partial charge in [0.15, 0.2) is 0 Å². The van der Waals surface area contributed by atoms with E-state index in [0.717, 1.165) is 32.5 Å². The molecular formula is C23H18N4O2S. The fourth-order valence-electron chi connectivity index (χ4n) is 3.62. The Kier molecular flexibility index (Phi) is 4.52. The van der Waals surface area contributed by atoms with Crippen molar-refractivity contribution in [3.8, 4) is 11.1 Å². The van der Waals surface area contributed by atoms with E-state index in [1.807, 2.05) is 42.5 Å². The van der Waals surface area contributed by atoms with Crippen LogP contribution in [-0.2, 0) is 0 Å². The number of carbonyl (C=O) groups is 1. The van der Waals surface area contributed by atoms with E-state index >= 15 is 0 Å². The van der Waals surface area contributed by atoms with Gasteiger partial charge in [-0.1, -0.05) is 36.0 Å². The zero-order valence-corrected chi connectivity index (χ0v) is 16.9. The molecule has 4 aromatic rings. The number of H-pyrrole nitrogens is 1. The number of nitrogens with zero attached hydrogens (tertiary/aromatic N) is 1. The number of aromatic nitrogens is 2. The molecule has 2 aromatic carbocycles. The number of pyridine rings is 2. The predicted molar refractivity (Wildman–Crippen MR) is 121 cm³/mol. The first kappa shape index (κ1) is 18.4. The summed E-state index contributed by atoms with van der Waals surface area (Å²) in [5.41, 5.74) is 2.81. The summed E-state index contributed by atoms with van der Waals surface area (Å²) >= 11 is 1.73. The lowest BCUT2D eigenvalue weighted by Crippen LogP contribution is -2.23. The van der Waals surface area contributed by atoms with Crippen LogP contribution in [0.1, 0.15) is 17.3 Å². The quantitative estimate of drug-likeness (QED) is 0.452. The Hall–Kier alpha value is -3.58. The fraction of sp³-hybridized carbons (Fsp3) is 0.0870. The molecule has 30 heavy (non-hydrogen) atoms. The fourth-order valence-corrected chi connectivity index (χ4v) is 4.57. The lowest BCUT2D eigenvalue weighted by Gasteiger charge is -2.09. The molecule has 0 saturated carbocycles. The van der Waals surface area contributed by atoms with Gasteiger partial charge in [0.05, 0.1) is 11.1 Å². The molecule has 0 aliphatic carbocycles. The number of hydrogen-bond acceptors (Lipinski definition) is 5. The second kappa shape index (κ2) is 7.35. The maximum absolute atomic E-state index is 12.9. The summed E-state index contributed by atoms with van der Waals surface area (Å²) in [6, 6.07) is 15.2. The monoisotopic (exact) mass is 414 g/mol. The molecule has 3 heterocycles. The van der Waals surface area contributed by atoms with Crippen LogP contribution in [0.2, 0.25) is 0 Å². The molecule has 148 valence electrons. The lowest BCUT2D eigenvalue weighted by atomic mass is 10.0. The van der Waals surface area contributed by atoms with E-state index < -0.39 is 11.5 Å².